The van der Waals surface area contributed by atoms with Gasteiger partial charge in [-0.15, -0.1) is 0 Å². The Morgan fingerprint density at radius 1 is 1.06 bits per heavy atom. The van der Waals surface area contributed by atoms with Crippen LogP contribution in [0.25, 0.3) is 0 Å². The van der Waals surface area contributed by atoms with Crippen molar-refractivity contribution in [1.82, 2.24) is 14.4 Å². The molecule has 0 bridgehead atoms. The van der Waals surface area contributed by atoms with Crippen LogP contribution in [0.2, 0.25) is 0 Å². The second-order valence-corrected chi connectivity index (χ2v) is 9.20. The lowest BCUT2D eigenvalue weighted by Crippen LogP contribution is -2.42. The topological polar surface area (TPSA) is 71.9 Å². The van der Waals surface area contributed by atoms with Crippen LogP contribution in [-0.4, -0.2) is 59.0 Å². The van der Waals surface area contributed by atoms with Crippen molar-refractivity contribution in [1.29, 1.82) is 0 Å². The van der Waals surface area contributed by atoms with Gasteiger partial charge in [-0.3, -0.25) is 14.4 Å². The second-order valence-electron chi connectivity index (χ2n) is 9.20. The van der Waals surface area contributed by atoms with E-state index in [2.05, 4.69) is 0 Å². The summed E-state index contributed by atoms with van der Waals surface area (Å²) in [6, 6.07) is 10.0. The van der Waals surface area contributed by atoms with E-state index in [9.17, 15) is 14.4 Å². The summed E-state index contributed by atoms with van der Waals surface area (Å²) < 4.78 is 7.21. The van der Waals surface area contributed by atoms with Crippen LogP contribution >= 0.6 is 0 Å². The van der Waals surface area contributed by atoms with Gasteiger partial charge in [-0.25, -0.2) is 0 Å². The van der Waals surface area contributed by atoms with Gasteiger partial charge in [-0.1, -0.05) is 30.3 Å². The van der Waals surface area contributed by atoms with E-state index in [0.717, 1.165) is 16.7 Å². The van der Waals surface area contributed by atoms with Gasteiger partial charge in [0.2, 0.25) is 5.91 Å². The number of fused-ring (bicyclic) bond motifs is 2. The molecule has 2 amide bonds. The third kappa shape index (κ3) is 3.86. The number of amides is 2. The maximum atomic E-state index is 13.6. The van der Waals surface area contributed by atoms with Crippen LogP contribution in [0.3, 0.4) is 0 Å². The summed E-state index contributed by atoms with van der Waals surface area (Å²) >= 11 is 0. The van der Waals surface area contributed by atoms with Crippen molar-refractivity contribution in [2.45, 2.75) is 32.9 Å². The molecule has 3 aliphatic heterocycles. The molecule has 0 spiro atoms. The molecule has 2 saturated heterocycles. The van der Waals surface area contributed by atoms with Crippen LogP contribution < -0.4 is 5.56 Å². The van der Waals surface area contributed by atoms with Gasteiger partial charge in [0, 0.05) is 57.7 Å². The van der Waals surface area contributed by atoms with E-state index in [4.69, 9.17) is 4.74 Å². The molecule has 3 aliphatic rings. The number of pyridine rings is 1. The number of carbonyl (C=O) groups excluding carboxylic acids is 2. The maximum Gasteiger partial charge on any atom is 0.263 e. The van der Waals surface area contributed by atoms with Gasteiger partial charge in [-0.2, -0.15) is 0 Å². The Morgan fingerprint density at radius 2 is 1.78 bits per heavy atom. The predicted octanol–water partition coefficient (Wildman–Crippen LogP) is 1.71. The maximum absolute atomic E-state index is 13.6. The number of aromatic nitrogens is 1. The molecule has 0 unspecified atom stereocenters. The van der Waals surface area contributed by atoms with Crippen LogP contribution in [0.15, 0.2) is 41.3 Å². The molecule has 1 aromatic carbocycles. The second kappa shape index (κ2) is 8.54. The first-order chi connectivity index (χ1) is 15.5. The molecular weight excluding hydrogens is 406 g/mol. The van der Waals surface area contributed by atoms with Gasteiger partial charge in [0.15, 0.2) is 0 Å². The van der Waals surface area contributed by atoms with Gasteiger partial charge in [-0.05, 0) is 29.5 Å². The SMILES string of the molecule is CC(=O)N1CCc2c(cn(CCc3ccccc3)c(=O)c2C(=O)N2C[C@H]3COC[C@H]3C2)C1. The number of hydrogen-bond donors (Lipinski definition) is 0. The molecule has 2 atom stereocenters. The first kappa shape index (κ1) is 20.9. The molecule has 168 valence electrons. The van der Waals surface area contributed by atoms with Crippen molar-refractivity contribution < 1.29 is 14.3 Å². The highest BCUT2D eigenvalue weighted by Gasteiger charge is 2.40. The summed E-state index contributed by atoms with van der Waals surface area (Å²) in [7, 11) is 0. The molecule has 4 heterocycles. The average Bonchev–Trinajstić information content (AvgIpc) is 3.40. The van der Waals surface area contributed by atoms with Crippen molar-refractivity contribution in [3.05, 3.63) is 69.1 Å². The largest absolute Gasteiger partial charge is 0.381 e. The number of ether oxygens (including phenoxy) is 1. The lowest BCUT2D eigenvalue weighted by Gasteiger charge is -2.30. The van der Waals surface area contributed by atoms with Gasteiger partial charge < -0.3 is 19.1 Å². The molecule has 2 aromatic rings. The number of benzene rings is 1. The highest BCUT2D eigenvalue weighted by molar-refractivity contribution is 5.96. The Kier molecular flexibility index (Phi) is 5.59. The van der Waals surface area contributed by atoms with E-state index in [1.807, 2.05) is 41.4 Å². The molecule has 1 aromatic heterocycles. The van der Waals surface area contributed by atoms with E-state index in [-0.39, 0.29) is 17.4 Å². The highest BCUT2D eigenvalue weighted by atomic mass is 16.5. The van der Waals surface area contributed by atoms with E-state index in [1.54, 1.807) is 16.4 Å². The standard InChI is InChI=1S/C25H29N3O4/c1-17(29)26-10-8-22-19(11-26)12-27(9-7-18-5-3-2-4-6-18)24(30)23(22)25(31)28-13-20-15-32-16-21(20)14-28/h2-6,12,20-21H,7-11,13-16H2,1H3/t20-,21+. The van der Waals surface area contributed by atoms with Crippen molar-refractivity contribution in [2.24, 2.45) is 11.8 Å². The summed E-state index contributed by atoms with van der Waals surface area (Å²) in [6.07, 6.45) is 3.10. The summed E-state index contributed by atoms with van der Waals surface area (Å²) in [5, 5.41) is 0. The van der Waals surface area contributed by atoms with E-state index >= 15 is 0 Å². The Hall–Kier alpha value is -2.93. The Morgan fingerprint density at radius 3 is 2.47 bits per heavy atom. The van der Waals surface area contributed by atoms with Gasteiger partial charge in [0.05, 0.1) is 13.2 Å². The fourth-order valence-corrected chi connectivity index (χ4v) is 5.27. The monoisotopic (exact) mass is 435 g/mol. The molecule has 32 heavy (non-hydrogen) atoms. The smallest absolute Gasteiger partial charge is 0.263 e. The van der Waals surface area contributed by atoms with Crippen molar-refractivity contribution in [3.8, 4) is 0 Å². The number of nitrogens with zero attached hydrogens (tertiary/aromatic N) is 3. The van der Waals surface area contributed by atoms with Crippen molar-refractivity contribution in [2.75, 3.05) is 32.8 Å². The summed E-state index contributed by atoms with van der Waals surface area (Å²) in [5.74, 6) is 0.586. The van der Waals surface area contributed by atoms with E-state index in [1.165, 1.54) is 0 Å². The Balaban J connectivity index is 1.49. The first-order valence-corrected chi connectivity index (χ1v) is 11.4. The minimum absolute atomic E-state index is 0.0120. The number of aryl methyl sites for hydroxylation is 2. The van der Waals surface area contributed by atoms with Gasteiger partial charge >= 0.3 is 0 Å². The summed E-state index contributed by atoms with van der Waals surface area (Å²) in [5.41, 5.74) is 2.96. The van der Waals surface area contributed by atoms with Gasteiger partial charge in [0.1, 0.15) is 5.56 Å². The molecule has 0 N–H and O–H groups in total. The molecule has 5 rings (SSSR count). The zero-order chi connectivity index (χ0) is 22.2. The molecule has 7 heteroatoms. The minimum atomic E-state index is -0.214. The lowest BCUT2D eigenvalue weighted by molar-refractivity contribution is -0.129. The quantitative estimate of drug-likeness (QED) is 0.733. The molecule has 0 aliphatic carbocycles. The van der Waals surface area contributed by atoms with E-state index in [0.29, 0.717) is 76.2 Å². The molecular formula is C25H29N3O4. The fourth-order valence-electron chi connectivity index (χ4n) is 5.27. The number of hydrogen-bond acceptors (Lipinski definition) is 4. The average molecular weight is 436 g/mol. The van der Waals surface area contributed by atoms with Crippen molar-refractivity contribution >= 4 is 11.8 Å². The third-order valence-electron chi connectivity index (χ3n) is 7.14. The van der Waals surface area contributed by atoms with Crippen LogP contribution in [0.1, 0.15) is 34.0 Å². The summed E-state index contributed by atoms with van der Waals surface area (Å²) in [6.45, 7) is 5.72. The number of rotatable bonds is 4. The number of carbonyl (C=O) groups is 2. The molecule has 0 saturated carbocycles. The molecule has 7 nitrogen and oxygen atoms in total. The predicted molar refractivity (Wildman–Crippen MR) is 119 cm³/mol. The van der Waals surface area contributed by atoms with Crippen LogP contribution in [0.5, 0.6) is 0 Å². The highest BCUT2D eigenvalue weighted by Crippen LogP contribution is 2.31. The Labute approximate surface area is 187 Å². The fraction of sp³-hybridized carbons (Fsp3) is 0.480. The van der Waals surface area contributed by atoms with Crippen molar-refractivity contribution in [3.63, 3.8) is 0 Å². The lowest BCUT2D eigenvalue weighted by atomic mass is 9.95. The summed E-state index contributed by atoms with van der Waals surface area (Å²) in [4.78, 5) is 42.7. The Bertz CT molecular complexity index is 1080. The molecule has 0 radical (unpaired) electrons. The van der Waals surface area contributed by atoms with E-state index < -0.39 is 0 Å². The minimum Gasteiger partial charge on any atom is -0.381 e. The zero-order valence-electron chi connectivity index (χ0n) is 18.5. The molecule has 2 fully saturated rings. The van der Waals surface area contributed by atoms with Crippen LogP contribution in [0.4, 0.5) is 0 Å². The zero-order valence-corrected chi connectivity index (χ0v) is 18.5. The van der Waals surface area contributed by atoms with Crippen LogP contribution in [0, 0.1) is 11.8 Å². The first-order valence-electron chi connectivity index (χ1n) is 11.4. The normalized spacial score (nSPS) is 22.0. The third-order valence-corrected chi connectivity index (χ3v) is 7.14. The van der Waals surface area contributed by atoms with Crippen LogP contribution in [-0.2, 0) is 35.5 Å². The number of likely N-dealkylation sites (tertiary alicyclic amines) is 1. The van der Waals surface area contributed by atoms with Gasteiger partial charge in [0.25, 0.3) is 11.5 Å².